The Kier molecular flexibility index (Phi) is 3.52. The summed E-state index contributed by atoms with van der Waals surface area (Å²) in [4.78, 5) is 2.52. The molecule has 2 aromatic carbocycles. The van der Waals surface area contributed by atoms with Crippen molar-refractivity contribution < 1.29 is 0 Å². The zero-order valence-corrected chi connectivity index (χ0v) is 12.5. The lowest BCUT2D eigenvalue weighted by atomic mass is 10.0. The third-order valence-corrected chi connectivity index (χ3v) is 4.42. The monoisotopic (exact) mass is 292 g/mol. The quantitative estimate of drug-likeness (QED) is 0.780. The minimum Gasteiger partial charge on any atom is -0.366 e. The number of benzene rings is 2. The lowest BCUT2D eigenvalue weighted by Gasteiger charge is -2.38. The van der Waals surface area contributed by atoms with Gasteiger partial charge in [-0.3, -0.25) is 5.10 Å². The summed E-state index contributed by atoms with van der Waals surface area (Å²) in [6, 6.07) is 17.8. The van der Waals surface area contributed by atoms with Crippen LogP contribution in [0, 0.1) is 0 Å². The number of nitrogens with one attached hydrogen (secondary N) is 2. The molecular formula is C18H20N4. The standard InChI is InChI=1S/C18H20N4/c1-2-4-14(5-3-1)10-17-13-19-8-9-22(17)16-6-7-18-15(11-16)12-20-21-18/h1-7,11-12,17,19H,8-10,13H2,(H,20,21)/t17-/m0/s1. The molecule has 0 bridgehead atoms. The van der Waals surface area contributed by atoms with Gasteiger partial charge in [-0.15, -0.1) is 0 Å². The van der Waals surface area contributed by atoms with Crippen LogP contribution < -0.4 is 10.2 Å². The zero-order chi connectivity index (χ0) is 14.8. The summed E-state index contributed by atoms with van der Waals surface area (Å²) in [6.45, 7) is 3.11. The number of anilines is 1. The van der Waals surface area contributed by atoms with E-state index < -0.39 is 0 Å². The van der Waals surface area contributed by atoms with E-state index in [-0.39, 0.29) is 0 Å². The first-order valence-corrected chi connectivity index (χ1v) is 7.84. The second-order valence-electron chi connectivity index (χ2n) is 5.88. The molecule has 0 saturated carbocycles. The highest BCUT2D eigenvalue weighted by molar-refractivity contribution is 5.82. The average Bonchev–Trinajstić information content (AvgIpc) is 3.04. The Hall–Kier alpha value is -2.33. The number of hydrogen-bond acceptors (Lipinski definition) is 3. The van der Waals surface area contributed by atoms with Crippen LogP contribution in [0.1, 0.15) is 5.56 Å². The van der Waals surface area contributed by atoms with Crippen molar-refractivity contribution in [3.05, 3.63) is 60.3 Å². The summed E-state index contributed by atoms with van der Waals surface area (Å²) in [6.07, 6.45) is 2.96. The highest BCUT2D eigenvalue weighted by atomic mass is 15.2. The van der Waals surface area contributed by atoms with Gasteiger partial charge in [-0.1, -0.05) is 30.3 Å². The number of rotatable bonds is 3. The van der Waals surface area contributed by atoms with Gasteiger partial charge in [0.25, 0.3) is 0 Å². The van der Waals surface area contributed by atoms with Gasteiger partial charge in [-0.25, -0.2) is 0 Å². The summed E-state index contributed by atoms with van der Waals surface area (Å²) in [5.41, 5.74) is 3.78. The fourth-order valence-electron chi connectivity index (χ4n) is 3.28. The molecule has 1 fully saturated rings. The van der Waals surface area contributed by atoms with Gasteiger partial charge < -0.3 is 10.2 Å². The number of nitrogens with zero attached hydrogens (tertiary/aromatic N) is 2. The Labute approximate surface area is 130 Å². The van der Waals surface area contributed by atoms with Crippen molar-refractivity contribution >= 4 is 16.6 Å². The Balaban J connectivity index is 1.62. The summed E-state index contributed by atoms with van der Waals surface area (Å²) in [5, 5.41) is 11.8. The Morgan fingerprint density at radius 2 is 2.05 bits per heavy atom. The summed E-state index contributed by atoms with van der Waals surface area (Å²) < 4.78 is 0. The van der Waals surface area contributed by atoms with Crippen molar-refractivity contribution in [3.63, 3.8) is 0 Å². The minimum absolute atomic E-state index is 0.487. The second kappa shape index (κ2) is 5.81. The van der Waals surface area contributed by atoms with Crippen LogP contribution in [0.2, 0.25) is 0 Å². The van der Waals surface area contributed by atoms with Gasteiger partial charge in [0.05, 0.1) is 11.7 Å². The lowest BCUT2D eigenvalue weighted by molar-refractivity contribution is 0.474. The first-order valence-electron chi connectivity index (χ1n) is 7.84. The lowest BCUT2D eigenvalue weighted by Crippen LogP contribution is -2.52. The predicted molar refractivity (Wildman–Crippen MR) is 90.2 cm³/mol. The van der Waals surface area contributed by atoms with Gasteiger partial charge in [0.1, 0.15) is 0 Å². The molecule has 0 spiro atoms. The van der Waals surface area contributed by atoms with Crippen LogP contribution in [0.15, 0.2) is 54.7 Å². The van der Waals surface area contributed by atoms with Crippen LogP contribution in [0.4, 0.5) is 5.69 Å². The van der Waals surface area contributed by atoms with Crippen molar-refractivity contribution in [2.24, 2.45) is 0 Å². The highest BCUT2D eigenvalue weighted by Gasteiger charge is 2.22. The van der Waals surface area contributed by atoms with E-state index in [1.54, 1.807) is 0 Å². The molecule has 2 N–H and O–H groups in total. The first kappa shape index (κ1) is 13.3. The van der Waals surface area contributed by atoms with Gasteiger partial charge in [0.2, 0.25) is 0 Å². The van der Waals surface area contributed by atoms with Gasteiger partial charge in [-0.2, -0.15) is 5.10 Å². The fraction of sp³-hybridized carbons (Fsp3) is 0.278. The van der Waals surface area contributed by atoms with E-state index in [2.05, 4.69) is 68.9 Å². The van der Waals surface area contributed by atoms with Crippen molar-refractivity contribution in [2.75, 3.05) is 24.5 Å². The molecule has 4 nitrogen and oxygen atoms in total. The van der Waals surface area contributed by atoms with Gasteiger partial charge in [-0.05, 0) is 30.2 Å². The molecule has 112 valence electrons. The molecule has 0 amide bonds. The number of piperazine rings is 1. The number of aromatic nitrogens is 2. The maximum absolute atomic E-state index is 4.12. The molecule has 1 aromatic heterocycles. The van der Waals surface area contributed by atoms with E-state index in [0.717, 1.165) is 31.6 Å². The van der Waals surface area contributed by atoms with Crippen LogP contribution in [0.5, 0.6) is 0 Å². The fourth-order valence-corrected chi connectivity index (χ4v) is 3.28. The van der Waals surface area contributed by atoms with E-state index in [9.17, 15) is 0 Å². The predicted octanol–water partition coefficient (Wildman–Crippen LogP) is 2.58. The van der Waals surface area contributed by atoms with Gasteiger partial charge in [0.15, 0.2) is 0 Å². The third-order valence-electron chi connectivity index (χ3n) is 4.42. The summed E-state index contributed by atoms with van der Waals surface area (Å²) >= 11 is 0. The second-order valence-corrected chi connectivity index (χ2v) is 5.88. The molecule has 0 aliphatic carbocycles. The SMILES string of the molecule is c1ccc(C[C@H]2CNCCN2c2ccc3[nH]ncc3c2)cc1. The Morgan fingerprint density at radius 3 is 2.95 bits per heavy atom. The number of hydrogen-bond donors (Lipinski definition) is 2. The molecule has 0 unspecified atom stereocenters. The van der Waals surface area contributed by atoms with Crippen LogP contribution in [0.3, 0.4) is 0 Å². The van der Waals surface area contributed by atoms with Gasteiger partial charge in [0, 0.05) is 36.7 Å². The van der Waals surface area contributed by atoms with Crippen molar-refractivity contribution in [3.8, 4) is 0 Å². The van der Waals surface area contributed by atoms with Crippen LogP contribution >= 0.6 is 0 Å². The molecule has 0 radical (unpaired) electrons. The molecule has 4 rings (SSSR count). The summed E-state index contributed by atoms with van der Waals surface area (Å²) in [5.74, 6) is 0. The topological polar surface area (TPSA) is 44.0 Å². The number of fused-ring (bicyclic) bond motifs is 1. The normalized spacial score (nSPS) is 18.7. The number of aromatic amines is 1. The Morgan fingerprint density at radius 1 is 1.14 bits per heavy atom. The molecule has 1 aliphatic rings. The smallest absolute Gasteiger partial charge is 0.0651 e. The maximum Gasteiger partial charge on any atom is 0.0651 e. The molecule has 1 aliphatic heterocycles. The van der Waals surface area contributed by atoms with E-state index >= 15 is 0 Å². The van der Waals surface area contributed by atoms with Crippen molar-refractivity contribution in [1.29, 1.82) is 0 Å². The highest BCUT2D eigenvalue weighted by Crippen LogP contribution is 2.24. The molecule has 1 atom stereocenters. The molecular weight excluding hydrogens is 272 g/mol. The summed E-state index contributed by atoms with van der Waals surface area (Å²) in [7, 11) is 0. The van der Waals surface area contributed by atoms with E-state index in [0.29, 0.717) is 6.04 Å². The molecule has 22 heavy (non-hydrogen) atoms. The van der Waals surface area contributed by atoms with E-state index in [1.165, 1.54) is 16.6 Å². The van der Waals surface area contributed by atoms with Crippen molar-refractivity contribution in [2.45, 2.75) is 12.5 Å². The Bertz CT molecular complexity index is 750. The number of H-pyrrole nitrogens is 1. The average molecular weight is 292 g/mol. The van der Waals surface area contributed by atoms with Crippen LogP contribution in [-0.2, 0) is 6.42 Å². The maximum atomic E-state index is 4.12. The van der Waals surface area contributed by atoms with Gasteiger partial charge >= 0.3 is 0 Å². The van der Waals surface area contributed by atoms with E-state index in [4.69, 9.17) is 0 Å². The zero-order valence-electron chi connectivity index (χ0n) is 12.5. The molecule has 3 aromatic rings. The first-order chi connectivity index (χ1) is 10.9. The molecule has 2 heterocycles. The molecule has 1 saturated heterocycles. The largest absolute Gasteiger partial charge is 0.366 e. The third kappa shape index (κ3) is 2.57. The van der Waals surface area contributed by atoms with Crippen LogP contribution in [-0.4, -0.2) is 35.9 Å². The van der Waals surface area contributed by atoms with E-state index in [1.807, 2.05) is 6.20 Å². The molecule has 4 heteroatoms. The minimum atomic E-state index is 0.487. The van der Waals surface area contributed by atoms with Crippen LogP contribution in [0.25, 0.3) is 10.9 Å². The van der Waals surface area contributed by atoms with Crippen molar-refractivity contribution in [1.82, 2.24) is 15.5 Å².